The van der Waals surface area contributed by atoms with Gasteiger partial charge in [0.2, 0.25) is 5.91 Å². The van der Waals surface area contributed by atoms with Crippen molar-refractivity contribution in [1.82, 2.24) is 5.32 Å². The number of rotatable bonds is 5. The Hall–Kier alpha value is -3.15. The number of carbonyl (C=O) groups is 1. The molecule has 1 N–H and O–H groups in total. The molecule has 0 saturated heterocycles. The maximum absolute atomic E-state index is 12.2. The Balaban J connectivity index is 1.72. The van der Waals surface area contributed by atoms with Crippen molar-refractivity contribution in [3.8, 4) is 0 Å². The molecule has 6 nitrogen and oxygen atoms in total. The normalized spacial score (nSPS) is 10.8. The molecule has 1 aromatic heterocycles. The van der Waals surface area contributed by atoms with Crippen LogP contribution in [-0.4, -0.2) is 10.8 Å². The zero-order valence-electron chi connectivity index (χ0n) is 14.0. The summed E-state index contributed by atoms with van der Waals surface area (Å²) in [7, 11) is 0. The van der Waals surface area contributed by atoms with Crippen molar-refractivity contribution in [3.63, 3.8) is 0 Å². The van der Waals surface area contributed by atoms with Crippen molar-refractivity contribution < 1.29 is 14.1 Å². The van der Waals surface area contributed by atoms with Crippen molar-refractivity contribution >= 4 is 22.6 Å². The fraction of sp³-hybridized carbons (Fsp3) is 0.211. The van der Waals surface area contributed by atoms with Gasteiger partial charge in [-0.25, -0.2) is 0 Å². The molecule has 0 saturated carbocycles. The van der Waals surface area contributed by atoms with Crippen LogP contribution >= 0.6 is 0 Å². The molecule has 0 aliphatic heterocycles. The summed E-state index contributed by atoms with van der Waals surface area (Å²) in [5.74, 6) is -0.209. The predicted molar refractivity (Wildman–Crippen MR) is 94.3 cm³/mol. The van der Waals surface area contributed by atoms with E-state index in [4.69, 9.17) is 4.42 Å². The molecule has 0 radical (unpaired) electrons. The van der Waals surface area contributed by atoms with E-state index in [-0.39, 0.29) is 24.6 Å². The number of nitrogens with one attached hydrogen (secondary N) is 1. The smallest absolute Gasteiger partial charge is 0.274 e. The van der Waals surface area contributed by atoms with Crippen LogP contribution in [0.25, 0.3) is 11.0 Å². The van der Waals surface area contributed by atoms with Crippen LogP contribution in [0.2, 0.25) is 0 Å². The van der Waals surface area contributed by atoms with E-state index in [1.807, 2.05) is 26.0 Å². The van der Waals surface area contributed by atoms with Crippen molar-refractivity contribution in [3.05, 3.63) is 75.0 Å². The van der Waals surface area contributed by atoms with Crippen LogP contribution in [0.4, 0.5) is 5.69 Å². The molecule has 25 heavy (non-hydrogen) atoms. The summed E-state index contributed by atoms with van der Waals surface area (Å²) < 4.78 is 5.53. The molecule has 3 aromatic rings. The minimum atomic E-state index is -0.448. The van der Waals surface area contributed by atoms with Gasteiger partial charge in [-0.15, -0.1) is 0 Å². The number of hydrogen-bond acceptors (Lipinski definition) is 4. The predicted octanol–water partition coefficient (Wildman–Crippen LogP) is 3.82. The molecule has 3 rings (SSSR count). The van der Waals surface area contributed by atoms with Crippen LogP contribution in [-0.2, 0) is 17.8 Å². The van der Waals surface area contributed by atoms with E-state index in [0.29, 0.717) is 5.56 Å². The number of furan rings is 1. The molecule has 0 atom stereocenters. The Bertz CT molecular complexity index is 959. The quantitative estimate of drug-likeness (QED) is 0.566. The van der Waals surface area contributed by atoms with Crippen molar-refractivity contribution in [2.75, 3.05) is 0 Å². The molecule has 1 heterocycles. The summed E-state index contributed by atoms with van der Waals surface area (Å²) in [4.78, 5) is 22.8. The number of amides is 1. The first-order chi connectivity index (χ1) is 12.0. The van der Waals surface area contributed by atoms with E-state index in [9.17, 15) is 14.9 Å². The summed E-state index contributed by atoms with van der Waals surface area (Å²) >= 11 is 0. The first-order valence-corrected chi connectivity index (χ1v) is 7.92. The number of fused-ring (bicyclic) bond motifs is 1. The number of nitrogens with zero attached hydrogens (tertiary/aromatic N) is 1. The highest BCUT2D eigenvalue weighted by atomic mass is 16.6. The summed E-state index contributed by atoms with van der Waals surface area (Å²) in [6, 6.07) is 10.3. The summed E-state index contributed by atoms with van der Waals surface area (Å²) in [6.07, 6.45) is 1.75. The summed E-state index contributed by atoms with van der Waals surface area (Å²) in [5.41, 5.74) is 4.31. The highest BCUT2D eigenvalue weighted by molar-refractivity contribution is 5.88. The standard InChI is InChI=1S/C19H18N2O4/c1-12-7-16-15(11-25-18(16)8-13(12)2)9-19(22)20-10-14-5-3-4-6-17(14)21(23)24/h3-8,11H,9-10H2,1-2H3,(H,20,22). The third kappa shape index (κ3) is 3.52. The molecule has 0 bridgehead atoms. The third-order valence-corrected chi connectivity index (χ3v) is 4.29. The fourth-order valence-corrected chi connectivity index (χ4v) is 2.74. The number of aryl methyl sites for hydroxylation is 2. The van der Waals surface area contributed by atoms with Gasteiger partial charge in [0.1, 0.15) is 5.58 Å². The SMILES string of the molecule is Cc1cc2occ(CC(=O)NCc3ccccc3[N+](=O)[O-])c2cc1C. The molecule has 1 amide bonds. The fourth-order valence-electron chi connectivity index (χ4n) is 2.74. The second-order valence-electron chi connectivity index (χ2n) is 6.03. The van der Waals surface area contributed by atoms with Gasteiger partial charge in [-0.2, -0.15) is 0 Å². The van der Waals surface area contributed by atoms with E-state index in [1.165, 1.54) is 6.07 Å². The lowest BCUT2D eigenvalue weighted by molar-refractivity contribution is -0.385. The van der Waals surface area contributed by atoms with E-state index in [1.54, 1.807) is 24.5 Å². The van der Waals surface area contributed by atoms with Gasteiger partial charge in [0.25, 0.3) is 5.69 Å². The molecule has 6 heteroatoms. The van der Waals surface area contributed by atoms with Crippen LogP contribution in [0.1, 0.15) is 22.3 Å². The largest absolute Gasteiger partial charge is 0.464 e. The van der Waals surface area contributed by atoms with E-state index in [2.05, 4.69) is 5.32 Å². The molecule has 0 aliphatic rings. The van der Waals surface area contributed by atoms with E-state index >= 15 is 0 Å². The maximum atomic E-state index is 12.2. The first kappa shape index (κ1) is 16.7. The second kappa shape index (κ2) is 6.76. The molecule has 0 aliphatic carbocycles. The summed E-state index contributed by atoms with van der Waals surface area (Å²) in [5, 5.41) is 14.7. The maximum Gasteiger partial charge on any atom is 0.274 e. The molecular formula is C19H18N2O4. The second-order valence-corrected chi connectivity index (χ2v) is 6.03. The number of carbonyl (C=O) groups excluding carboxylic acids is 1. The van der Waals surface area contributed by atoms with Crippen LogP contribution < -0.4 is 5.32 Å². The number of nitro benzene ring substituents is 1. The molecule has 2 aromatic carbocycles. The van der Waals surface area contributed by atoms with Crippen molar-refractivity contribution in [1.29, 1.82) is 0 Å². The van der Waals surface area contributed by atoms with Gasteiger partial charge in [-0.1, -0.05) is 18.2 Å². The van der Waals surface area contributed by atoms with Crippen LogP contribution in [0, 0.1) is 24.0 Å². The van der Waals surface area contributed by atoms with Gasteiger partial charge >= 0.3 is 0 Å². The van der Waals surface area contributed by atoms with Crippen LogP contribution in [0.5, 0.6) is 0 Å². The van der Waals surface area contributed by atoms with Crippen LogP contribution in [0.15, 0.2) is 47.1 Å². The molecule has 0 spiro atoms. The van der Waals surface area contributed by atoms with E-state index < -0.39 is 4.92 Å². The van der Waals surface area contributed by atoms with Crippen molar-refractivity contribution in [2.45, 2.75) is 26.8 Å². The molecule has 128 valence electrons. The summed E-state index contributed by atoms with van der Waals surface area (Å²) in [6.45, 7) is 4.14. The van der Waals surface area contributed by atoms with Crippen molar-refractivity contribution in [2.24, 2.45) is 0 Å². The van der Waals surface area contributed by atoms with Gasteiger partial charge in [-0.05, 0) is 37.1 Å². The topological polar surface area (TPSA) is 85.4 Å². The van der Waals surface area contributed by atoms with Gasteiger partial charge in [0, 0.05) is 29.1 Å². The Labute approximate surface area is 144 Å². The van der Waals surface area contributed by atoms with Gasteiger partial charge < -0.3 is 9.73 Å². The Morgan fingerprint density at radius 1 is 1.16 bits per heavy atom. The number of nitro groups is 1. The Morgan fingerprint density at radius 2 is 1.88 bits per heavy atom. The number of benzene rings is 2. The average Bonchev–Trinajstić information content (AvgIpc) is 2.95. The van der Waals surface area contributed by atoms with Gasteiger partial charge in [0.15, 0.2) is 0 Å². The Kier molecular flexibility index (Phi) is 4.52. The minimum absolute atomic E-state index is 0.00246. The molecular weight excluding hydrogens is 320 g/mol. The Morgan fingerprint density at radius 3 is 2.64 bits per heavy atom. The minimum Gasteiger partial charge on any atom is -0.464 e. The lowest BCUT2D eigenvalue weighted by Gasteiger charge is -2.06. The number of para-hydroxylation sites is 1. The number of hydrogen-bond donors (Lipinski definition) is 1. The average molecular weight is 338 g/mol. The van der Waals surface area contributed by atoms with E-state index in [0.717, 1.165) is 27.7 Å². The van der Waals surface area contributed by atoms with Crippen LogP contribution in [0.3, 0.4) is 0 Å². The highest BCUT2D eigenvalue weighted by Gasteiger charge is 2.15. The first-order valence-electron chi connectivity index (χ1n) is 7.92. The zero-order valence-corrected chi connectivity index (χ0v) is 14.0. The lowest BCUT2D eigenvalue weighted by atomic mass is 10.0. The molecule has 0 unspecified atom stereocenters. The molecule has 0 fully saturated rings. The van der Waals surface area contributed by atoms with Gasteiger partial charge in [0.05, 0.1) is 17.6 Å². The monoisotopic (exact) mass is 338 g/mol. The zero-order chi connectivity index (χ0) is 18.0. The highest BCUT2D eigenvalue weighted by Crippen LogP contribution is 2.25. The third-order valence-electron chi connectivity index (χ3n) is 4.29. The van der Waals surface area contributed by atoms with Gasteiger partial charge in [-0.3, -0.25) is 14.9 Å². The lowest BCUT2D eigenvalue weighted by Crippen LogP contribution is -2.24.